The SMILES string of the molecule is COc1ccc(-c2noc(-c3cccn3CC(=O)Nc3cc(F)ccc3F)n2)cc1OC. The summed E-state index contributed by atoms with van der Waals surface area (Å²) in [4.78, 5) is 16.8. The van der Waals surface area contributed by atoms with Gasteiger partial charge in [0, 0.05) is 17.8 Å². The lowest BCUT2D eigenvalue weighted by Crippen LogP contribution is -2.19. The minimum atomic E-state index is -0.732. The van der Waals surface area contributed by atoms with Gasteiger partial charge in [-0.3, -0.25) is 4.79 Å². The molecule has 1 amide bonds. The van der Waals surface area contributed by atoms with Gasteiger partial charge in [-0.05, 0) is 42.5 Å². The molecule has 10 heteroatoms. The van der Waals surface area contributed by atoms with E-state index in [9.17, 15) is 13.6 Å². The zero-order valence-corrected chi connectivity index (χ0v) is 17.1. The topological polar surface area (TPSA) is 91.4 Å². The molecule has 0 aliphatic rings. The van der Waals surface area contributed by atoms with Crippen LogP contribution >= 0.6 is 0 Å². The summed E-state index contributed by atoms with van der Waals surface area (Å²) in [5.41, 5.74) is 0.895. The van der Waals surface area contributed by atoms with Crippen LogP contribution in [0.3, 0.4) is 0 Å². The number of nitrogens with one attached hydrogen (secondary N) is 1. The van der Waals surface area contributed by atoms with Crippen molar-refractivity contribution in [2.75, 3.05) is 19.5 Å². The molecule has 0 saturated carbocycles. The Labute approximate surface area is 181 Å². The maximum Gasteiger partial charge on any atom is 0.274 e. The fourth-order valence-corrected chi connectivity index (χ4v) is 3.10. The minimum Gasteiger partial charge on any atom is -0.493 e. The van der Waals surface area contributed by atoms with Gasteiger partial charge in [-0.2, -0.15) is 4.98 Å². The van der Waals surface area contributed by atoms with Crippen molar-refractivity contribution in [3.8, 4) is 34.5 Å². The smallest absolute Gasteiger partial charge is 0.274 e. The van der Waals surface area contributed by atoms with Crippen LogP contribution in [0.25, 0.3) is 23.0 Å². The highest BCUT2D eigenvalue weighted by molar-refractivity contribution is 5.91. The van der Waals surface area contributed by atoms with Crippen LogP contribution in [0.1, 0.15) is 0 Å². The first-order valence-electron chi connectivity index (χ1n) is 9.45. The number of carbonyl (C=O) groups excluding carboxylic acids is 1. The Morgan fingerprint density at radius 3 is 2.69 bits per heavy atom. The minimum absolute atomic E-state index is 0.174. The van der Waals surface area contributed by atoms with Gasteiger partial charge in [0.25, 0.3) is 5.89 Å². The number of halogens is 2. The molecule has 0 aliphatic heterocycles. The van der Waals surface area contributed by atoms with E-state index in [4.69, 9.17) is 14.0 Å². The first-order valence-corrected chi connectivity index (χ1v) is 9.45. The summed E-state index contributed by atoms with van der Waals surface area (Å²) in [6, 6.07) is 11.4. The first kappa shape index (κ1) is 21.0. The summed E-state index contributed by atoms with van der Waals surface area (Å²) in [6.07, 6.45) is 1.64. The van der Waals surface area contributed by atoms with E-state index in [0.29, 0.717) is 28.6 Å². The maximum absolute atomic E-state index is 13.8. The number of carbonyl (C=O) groups is 1. The van der Waals surface area contributed by atoms with Crippen molar-refractivity contribution in [3.63, 3.8) is 0 Å². The van der Waals surface area contributed by atoms with E-state index in [0.717, 1.165) is 18.2 Å². The van der Waals surface area contributed by atoms with Crippen LogP contribution in [0.4, 0.5) is 14.5 Å². The molecule has 164 valence electrons. The Hall–Kier alpha value is -4.21. The molecule has 0 saturated heterocycles. The van der Waals surface area contributed by atoms with Gasteiger partial charge in [0.2, 0.25) is 11.7 Å². The number of amides is 1. The van der Waals surface area contributed by atoms with Crippen LogP contribution < -0.4 is 14.8 Å². The first-order chi connectivity index (χ1) is 15.5. The average Bonchev–Trinajstić information content (AvgIpc) is 3.45. The number of anilines is 1. The zero-order valence-electron chi connectivity index (χ0n) is 17.1. The summed E-state index contributed by atoms with van der Waals surface area (Å²) >= 11 is 0. The van der Waals surface area contributed by atoms with E-state index >= 15 is 0 Å². The second-order valence-corrected chi connectivity index (χ2v) is 6.69. The van der Waals surface area contributed by atoms with Gasteiger partial charge in [0.05, 0.1) is 19.9 Å². The summed E-state index contributed by atoms with van der Waals surface area (Å²) < 4.78 is 44.6. The van der Waals surface area contributed by atoms with E-state index < -0.39 is 17.5 Å². The summed E-state index contributed by atoms with van der Waals surface area (Å²) in [5, 5.41) is 6.35. The number of rotatable bonds is 7. The molecular weight excluding hydrogens is 422 g/mol. The highest BCUT2D eigenvalue weighted by Crippen LogP contribution is 2.32. The van der Waals surface area contributed by atoms with Crippen LogP contribution in [-0.4, -0.2) is 34.8 Å². The van der Waals surface area contributed by atoms with E-state index in [1.807, 2.05) is 0 Å². The fourth-order valence-electron chi connectivity index (χ4n) is 3.10. The Kier molecular flexibility index (Phi) is 5.84. The van der Waals surface area contributed by atoms with E-state index in [-0.39, 0.29) is 18.1 Å². The number of hydrogen-bond donors (Lipinski definition) is 1. The van der Waals surface area contributed by atoms with Crippen molar-refractivity contribution in [1.82, 2.24) is 14.7 Å². The van der Waals surface area contributed by atoms with Crippen molar-refractivity contribution in [2.45, 2.75) is 6.54 Å². The van der Waals surface area contributed by atoms with E-state index in [2.05, 4.69) is 15.5 Å². The number of ether oxygens (including phenoxy) is 2. The van der Waals surface area contributed by atoms with Crippen molar-refractivity contribution < 1.29 is 27.6 Å². The van der Waals surface area contributed by atoms with Gasteiger partial charge >= 0.3 is 0 Å². The molecule has 1 N–H and O–H groups in total. The second-order valence-electron chi connectivity index (χ2n) is 6.69. The Morgan fingerprint density at radius 1 is 1.09 bits per heavy atom. The molecule has 0 spiro atoms. The molecule has 0 atom stereocenters. The molecular formula is C22H18F2N4O4. The average molecular weight is 440 g/mol. The molecule has 0 bridgehead atoms. The highest BCUT2D eigenvalue weighted by Gasteiger charge is 2.17. The van der Waals surface area contributed by atoms with Gasteiger partial charge in [-0.1, -0.05) is 5.16 Å². The molecule has 2 aromatic carbocycles. The summed E-state index contributed by atoms with van der Waals surface area (Å²) in [7, 11) is 3.06. The van der Waals surface area contributed by atoms with E-state index in [1.54, 1.807) is 41.1 Å². The molecule has 4 rings (SSSR count). The van der Waals surface area contributed by atoms with Gasteiger partial charge < -0.3 is 23.9 Å². The lowest BCUT2D eigenvalue weighted by atomic mass is 10.2. The molecule has 0 radical (unpaired) electrons. The number of benzene rings is 2. The van der Waals surface area contributed by atoms with Crippen molar-refractivity contribution in [3.05, 3.63) is 66.4 Å². The molecule has 0 fully saturated rings. The highest BCUT2D eigenvalue weighted by atomic mass is 19.1. The Morgan fingerprint density at radius 2 is 1.91 bits per heavy atom. The standard InChI is InChI=1S/C22H18F2N4O4/c1-30-18-8-5-13(10-19(18)31-2)21-26-22(32-27-21)17-4-3-9-28(17)12-20(29)25-16-11-14(23)6-7-15(16)24/h3-11H,12H2,1-2H3,(H,25,29). The van der Waals surface area contributed by atoms with Crippen LogP contribution in [0, 0.1) is 11.6 Å². The normalized spacial score (nSPS) is 10.8. The largest absolute Gasteiger partial charge is 0.493 e. The molecule has 0 aliphatic carbocycles. The van der Waals surface area contributed by atoms with Gasteiger partial charge in [0.15, 0.2) is 11.5 Å². The van der Waals surface area contributed by atoms with Crippen LogP contribution in [0.5, 0.6) is 11.5 Å². The number of methoxy groups -OCH3 is 2. The van der Waals surface area contributed by atoms with Crippen molar-refractivity contribution in [2.24, 2.45) is 0 Å². The third-order valence-electron chi connectivity index (χ3n) is 4.63. The predicted molar refractivity (Wildman–Crippen MR) is 111 cm³/mol. The molecule has 2 heterocycles. The third kappa shape index (κ3) is 4.29. The maximum atomic E-state index is 13.8. The van der Waals surface area contributed by atoms with E-state index in [1.165, 1.54) is 14.2 Å². The number of hydrogen-bond acceptors (Lipinski definition) is 6. The fraction of sp³-hybridized carbons (Fsp3) is 0.136. The predicted octanol–water partition coefficient (Wildman–Crippen LogP) is 4.14. The van der Waals surface area contributed by atoms with Gasteiger partial charge in [-0.25, -0.2) is 8.78 Å². The number of aromatic nitrogens is 3. The summed E-state index contributed by atoms with van der Waals surface area (Å²) in [6.45, 7) is -0.174. The molecule has 32 heavy (non-hydrogen) atoms. The quantitative estimate of drug-likeness (QED) is 0.465. The zero-order chi connectivity index (χ0) is 22.7. The Bertz CT molecular complexity index is 1270. The van der Waals surface area contributed by atoms with Gasteiger partial charge in [0.1, 0.15) is 23.9 Å². The van der Waals surface area contributed by atoms with Crippen LogP contribution in [0.15, 0.2) is 59.3 Å². The second kappa shape index (κ2) is 8.88. The monoisotopic (exact) mass is 440 g/mol. The van der Waals surface area contributed by atoms with Crippen LogP contribution in [-0.2, 0) is 11.3 Å². The third-order valence-corrected chi connectivity index (χ3v) is 4.63. The molecule has 0 unspecified atom stereocenters. The lowest BCUT2D eigenvalue weighted by molar-refractivity contribution is -0.116. The van der Waals surface area contributed by atoms with Crippen LogP contribution in [0.2, 0.25) is 0 Å². The van der Waals surface area contributed by atoms with Crippen molar-refractivity contribution in [1.29, 1.82) is 0 Å². The molecule has 8 nitrogen and oxygen atoms in total. The Balaban J connectivity index is 1.54. The van der Waals surface area contributed by atoms with Gasteiger partial charge in [-0.15, -0.1) is 0 Å². The molecule has 2 aromatic heterocycles. The summed E-state index contributed by atoms with van der Waals surface area (Å²) in [5.74, 6) is -0.354. The lowest BCUT2D eigenvalue weighted by Gasteiger charge is -2.09. The number of nitrogens with zero attached hydrogens (tertiary/aromatic N) is 3. The molecule has 4 aromatic rings. The van der Waals surface area contributed by atoms with Crippen molar-refractivity contribution >= 4 is 11.6 Å².